The Kier molecular flexibility index (Phi) is 1.96. The van der Waals surface area contributed by atoms with E-state index in [0.717, 1.165) is 5.56 Å². The number of aromatic nitrogens is 2. The fraction of sp³-hybridized carbons (Fsp3) is 0.111. The van der Waals surface area contributed by atoms with Gasteiger partial charge in [-0.05, 0) is 23.7 Å². The monoisotopic (exact) mass is 205 g/mol. The number of aromatic amines is 1. The lowest BCUT2D eigenvalue weighted by molar-refractivity contribution is 0.480. The first-order valence-electron chi connectivity index (χ1n) is 4.18. The second kappa shape index (κ2) is 3.16. The second-order valence-corrected chi connectivity index (χ2v) is 3.15. The molecule has 0 spiro atoms. The molecule has 0 unspecified atom stereocenters. The fourth-order valence-electron chi connectivity index (χ4n) is 1.34. The number of nitrogens with zero attached hydrogens (tertiary/aromatic N) is 2. The zero-order chi connectivity index (χ0) is 11.0. The minimum absolute atomic E-state index is 0.162. The molecule has 0 saturated carbocycles. The lowest BCUT2D eigenvalue weighted by Crippen LogP contribution is -2.05. The van der Waals surface area contributed by atoms with Crippen LogP contribution < -0.4 is 5.56 Å². The molecule has 2 aromatic heterocycles. The van der Waals surface area contributed by atoms with E-state index in [1.165, 1.54) is 6.20 Å². The van der Waals surface area contributed by atoms with Crippen LogP contribution >= 0.6 is 0 Å². The molecular weight excluding hydrogens is 198 g/mol. The summed E-state index contributed by atoms with van der Waals surface area (Å²) in [6, 6.07) is 1.65. The molecule has 0 radical (unpaired) electrons. The number of aryl methyl sites for hydroxylation is 1. The van der Waals surface area contributed by atoms with E-state index in [2.05, 4.69) is 15.1 Å². The Morgan fingerprint density at radius 1 is 1.53 bits per heavy atom. The van der Waals surface area contributed by atoms with Gasteiger partial charge in [0.05, 0.1) is 5.52 Å². The van der Waals surface area contributed by atoms with Crippen LogP contribution in [0.3, 0.4) is 0 Å². The first-order valence-corrected chi connectivity index (χ1v) is 4.18. The maximum Gasteiger partial charge on any atom is 0.281 e. The van der Waals surface area contributed by atoms with Gasteiger partial charge in [0, 0.05) is 6.20 Å². The maximum absolute atomic E-state index is 11.3. The van der Waals surface area contributed by atoms with Gasteiger partial charge in [-0.2, -0.15) is 0 Å². The van der Waals surface area contributed by atoms with E-state index in [1.54, 1.807) is 13.0 Å². The van der Waals surface area contributed by atoms with Gasteiger partial charge >= 0.3 is 0 Å². The van der Waals surface area contributed by atoms with E-state index in [4.69, 9.17) is 0 Å². The van der Waals surface area contributed by atoms with Crippen LogP contribution in [0.5, 0.6) is 5.75 Å². The summed E-state index contributed by atoms with van der Waals surface area (Å²) in [7, 11) is 0. The van der Waals surface area contributed by atoms with Crippen molar-refractivity contribution in [3.05, 3.63) is 33.1 Å². The van der Waals surface area contributed by atoms with Crippen LogP contribution in [0.15, 0.2) is 22.2 Å². The molecule has 0 bridgehead atoms. The minimum Gasteiger partial charge on any atom is -0.504 e. The Morgan fingerprint density at radius 3 is 2.93 bits per heavy atom. The van der Waals surface area contributed by atoms with Gasteiger partial charge in [0.15, 0.2) is 5.75 Å². The summed E-state index contributed by atoms with van der Waals surface area (Å²) in [6.45, 7) is 1.80. The Labute approximate surface area is 83.6 Å². The van der Waals surface area contributed by atoms with Crippen molar-refractivity contribution in [2.24, 2.45) is 5.18 Å². The first kappa shape index (κ1) is 9.32. The van der Waals surface area contributed by atoms with E-state index >= 15 is 0 Å². The van der Waals surface area contributed by atoms with Crippen LogP contribution in [0, 0.1) is 11.8 Å². The van der Waals surface area contributed by atoms with Crippen LogP contribution in [0.2, 0.25) is 0 Å². The molecule has 76 valence electrons. The molecule has 15 heavy (non-hydrogen) atoms. The molecular formula is C9H7N3O3. The zero-order valence-electron chi connectivity index (χ0n) is 7.81. The van der Waals surface area contributed by atoms with E-state index in [-0.39, 0.29) is 5.52 Å². The van der Waals surface area contributed by atoms with E-state index in [1.807, 2.05) is 0 Å². The molecule has 2 heterocycles. The second-order valence-electron chi connectivity index (χ2n) is 3.15. The predicted octanol–water partition coefficient (Wildman–Crippen LogP) is 1.34. The smallest absolute Gasteiger partial charge is 0.281 e. The number of hydrogen-bond donors (Lipinski definition) is 2. The Balaban J connectivity index is 2.97. The highest BCUT2D eigenvalue weighted by Crippen LogP contribution is 2.28. The number of nitrogens with one attached hydrogen (secondary N) is 1. The SMILES string of the molecule is Cc1cnc2c(O)c(N=O)c(=O)[nH]c2c1. The molecule has 0 saturated heterocycles. The summed E-state index contributed by atoms with van der Waals surface area (Å²) in [5.41, 5.74) is 0.116. The topological polar surface area (TPSA) is 95.4 Å². The summed E-state index contributed by atoms with van der Waals surface area (Å²) < 4.78 is 0. The number of rotatable bonds is 1. The van der Waals surface area contributed by atoms with Crippen LogP contribution in [-0.2, 0) is 0 Å². The third-order valence-corrected chi connectivity index (χ3v) is 2.03. The number of fused-ring (bicyclic) bond motifs is 1. The van der Waals surface area contributed by atoms with Crippen molar-refractivity contribution in [1.82, 2.24) is 9.97 Å². The molecule has 6 heteroatoms. The van der Waals surface area contributed by atoms with Gasteiger partial charge < -0.3 is 10.1 Å². The first-order chi connectivity index (χ1) is 7.13. The van der Waals surface area contributed by atoms with E-state index < -0.39 is 17.0 Å². The molecule has 0 amide bonds. The third-order valence-electron chi connectivity index (χ3n) is 2.03. The molecule has 2 rings (SSSR count). The van der Waals surface area contributed by atoms with Crippen molar-refractivity contribution >= 4 is 16.7 Å². The predicted molar refractivity (Wildman–Crippen MR) is 54.2 cm³/mol. The summed E-state index contributed by atoms with van der Waals surface area (Å²) >= 11 is 0. The molecule has 0 fully saturated rings. The molecule has 0 aliphatic heterocycles. The maximum atomic E-state index is 11.3. The van der Waals surface area contributed by atoms with E-state index in [0.29, 0.717) is 5.52 Å². The summed E-state index contributed by atoms with van der Waals surface area (Å²) in [6.07, 6.45) is 1.52. The van der Waals surface area contributed by atoms with Crippen LogP contribution in [0.4, 0.5) is 5.69 Å². The van der Waals surface area contributed by atoms with Gasteiger partial charge in [0.2, 0.25) is 5.69 Å². The molecule has 2 aromatic rings. The van der Waals surface area contributed by atoms with Crippen LogP contribution in [0.25, 0.3) is 11.0 Å². The summed E-state index contributed by atoms with van der Waals surface area (Å²) in [5, 5.41) is 12.0. The van der Waals surface area contributed by atoms with Crippen LogP contribution in [0.1, 0.15) is 5.56 Å². The van der Waals surface area contributed by atoms with Gasteiger partial charge in [-0.1, -0.05) is 0 Å². The summed E-state index contributed by atoms with van der Waals surface area (Å²) in [4.78, 5) is 27.9. The summed E-state index contributed by atoms with van der Waals surface area (Å²) in [5.74, 6) is -0.483. The standard InChI is InChI=1S/C9H7N3O3/c1-4-2-5-6(10-3-4)8(13)7(12-15)9(14)11-5/h2-3H,1H3,(H2,11,13,14). The van der Waals surface area contributed by atoms with Crippen molar-refractivity contribution in [3.8, 4) is 5.75 Å². The fourth-order valence-corrected chi connectivity index (χ4v) is 1.34. The minimum atomic E-state index is -0.720. The van der Waals surface area contributed by atoms with Gasteiger partial charge in [0.25, 0.3) is 5.56 Å². The molecule has 0 aromatic carbocycles. The zero-order valence-corrected chi connectivity index (χ0v) is 7.81. The van der Waals surface area contributed by atoms with Gasteiger partial charge in [-0.15, -0.1) is 4.91 Å². The Bertz CT molecular complexity index is 603. The molecule has 6 nitrogen and oxygen atoms in total. The average Bonchev–Trinajstić information content (AvgIpc) is 2.17. The molecule has 2 N–H and O–H groups in total. The molecule has 0 aliphatic rings. The van der Waals surface area contributed by atoms with Crippen molar-refractivity contribution in [3.63, 3.8) is 0 Å². The molecule has 0 aliphatic carbocycles. The van der Waals surface area contributed by atoms with Crippen molar-refractivity contribution in [1.29, 1.82) is 0 Å². The Morgan fingerprint density at radius 2 is 2.27 bits per heavy atom. The van der Waals surface area contributed by atoms with Gasteiger partial charge in [0.1, 0.15) is 5.52 Å². The number of aromatic hydroxyl groups is 1. The number of H-pyrrole nitrogens is 1. The normalized spacial score (nSPS) is 10.5. The Hall–Kier alpha value is -2.24. The third kappa shape index (κ3) is 1.35. The highest BCUT2D eigenvalue weighted by atomic mass is 16.3. The van der Waals surface area contributed by atoms with Gasteiger partial charge in [-0.3, -0.25) is 9.78 Å². The van der Waals surface area contributed by atoms with Crippen molar-refractivity contribution < 1.29 is 5.11 Å². The highest BCUT2D eigenvalue weighted by molar-refractivity contribution is 5.85. The van der Waals surface area contributed by atoms with Crippen LogP contribution in [-0.4, -0.2) is 15.1 Å². The lowest BCUT2D eigenvalue weighted by atomic mass is 10.2. The van der Waals surface area contributed by atoms with Gasteiger partial charge in [-0.25, -0.2) is 0 Å². The molecule has 0 atom stereocenters. The quantitative estimate of drug-likeness (QED) is 0.686. The average molecular weight is 205 g/mol. The number of pyridine rings is 2. The largest absolute Gasteiger partial charge is 0.504 e. The number of hydrogen-bond acceptors (Lipinski definition) is 5. The van der Waals surface area contributed by atoms with E-state index in [9.17, 15) is 14.8 Å². The number of nitroso groups, excluding NO2 is 1. The van der Waals surface area contributed by atoms with Crippen molar-refractivity contribution in [2.75, 3.05) is 0 Å². The lowest BCUT2D eigenvalue weighted by Gasteiger charge is -2.01. The highest BCUT2D eigenvalue weighted by Gasteiger charge is 2.13. The van der Waals surface area contributed by atoms with Crippen molar-refractivity contribution in [2.45, 2.75) is 6.92 Å².